The number of hydrogen-bond acceptors (Lipinski definition) is 7. The predicted molar refractivity (Wildman–Crippen MR) is 168 cm³/mol. The molecule has 8 nitrogen and oxygen atoms in total. The number of carbonyl (C=O) groups excluding carboxylic acids is 2. The van der Waals surface area contributed by atoms with E-state index in [0.29, 0.717) is 48.2 Å². The van der Waals surface area contributed by atoms with E-state index in [0.717, 1.165) is 5.56 Å². The molecular weight excluding hydrogens is 586 g/mol. The topological polar surface area (TPSA) is 99.0 Å². The molecule has 220 valence electrons. The summed E-state index contributed by atoms with van der Waals surface area (Å²) >= 11 is 7.36. The minimum Gasteiger partial charge on any atom is -0.483 e. The van der Waals surface area contributed by atoms with Crippen LogP contribution in [-0.4, -0.2) is 29.2 Å². The minimum atomic E-state index is -0.751. The highest BCUT2D eigenvalue weighted by atomic mass is 35.5. The molecule has 5 rings (SSSR count). The average molecular weight is 616 g/mol. The highest BCUT2D eigenvalue weighted by Gasteiger charge is 2.33. The lowest BCUT2D eigenvalue weighted by Crippen LogP contribution is -2.40. The molecular formula is C33H30ClN3O5S. The molecule has 0 aliphatic carbocycles. The number of allylic oxidation sites excluding steroid dienone is 1. The number of esters is 1. The molecule has 0 saturated carbocycles. The molecule has 1 aromatic heterocycles. The second-order valence-electron chi connectivity index (χ2n) is 10.3. The fraction of sp³-hybridized carbons (Fsp3) is 0.212. The number of para-hydroxylation sites is 1. The monoisotopic (exact) mass is 615 g/mol. The molecule has 10 heteroatoms. The van der Waals surface area contributed by atoms with E-state index < -0.39 is 12.0 Å². The van der Waals surface area contributed by atoms with Gasteiger partial charge in [-0.05, 0) is 69.7 Å². The number of aryl methyl sites for hydroxylation is 1. The Labute approximate surface area is 257 Å². The van der Waals surface area contributed by atoms with Gasteiger partial charge in [-0.3, -0.25) is 14.2 Å². The number of benzene rings is 3. The normalized spacial score (nSPS) is 14.7. The summed E-state index contributed by atoms with van der Waals surface area (Å²) in [7, 11) is 0. The summed E-state index contributed by atoms with van der Waals surface area (Å²) in [5.41, 5.74) is 3.53. The van der Waals surface area contributed by atoms with Crippen molar-refractivity contribution in [3.8, 4) is 5.75 Å². The zero-order valence-electron chi connectivity index (χ0n) is 24.1. The molecule has 2 heterocycles. The van der Waals surface area contributed by atoms with Crippen molar-refractivity contribution >= 4 is 46.6 Å². The number of nitrogens with zero attached hydrogens (tertiary/aromatic N) is 2. The number of anilines is 1. The van der Waals surface area contributed by atoms with Gasteiger partial charge >= 0.3 is 5.97 Å². The molecule has 1 aliphatic heterocycles. The van der Waals surface area contributed by atoms with Crippen molar-refractivity contribution in [3.63, 3.8) is 0 Å². The molecule has 3 aromatic carbocycles. The lowest BCUT2D eigenvalue weighted by molar-refractivity contribution is -0.143. The molecule has 0 radical (unpaired) electrons. The third-order valence-electron chi connectivity index (χ3n) is 6.67. The summed E-state index contributed by atoms with van der Waals surface area (Å²) < 4.78 is 13.3. The van der Waals surface area contributed by atoms with Crippen LogP contribution in [0.2, 0.25) is 5.02 Å². The fourth-order valence-electron chi connectivity index (χ4n) is 4.67. The van der Waals surface area contributed by atoms with E-state index in [9.17, 15) is 14.4 Å². The zero-order chi connectivity index (χ0) is 30.7. The van der Waals surface area contributed by atoms with Gasteiger partial charge in [-0.2, -0.15) is 0 Å². The van der Waals surface area contributed by atoms with E-state index in [2.05, 4.69) is 10.3 Å². The number of fused-ring (bicyclic) bond motifs is 1. The first-order chi connectivity index (χ1) is 20.6. The van der Waals surface area contributed by atoms with Gasteiger partial charge in [0.2, 0.25) is 0 Å². The van der Waals surface area contributed by atoms with Crippen LogP contribution in [0.3, 0.4) is 0 Å². The fourth-order valence-corrected chi connectivity index (χ4v) is 5.83. The van der Waals surface area contributed by atoms with Crippen molar-refractivity contribution in [2.45, 2.75) is 39.8 Å². The van der Waals surface area contributed by atoms with Gasteiger partial charge in [-0.1, -0.05) is 71.0 Å². The molecule has 1 aliphatic rings. The first-order valence-corrected chi connectivity index (χ1v) is 14.9. The summed E-state index contributed by atoms with van der Waals surface area (Å²) in [5, 5.41) is 3.35. The Kier molecular flexibility index (Phi) is 8.94. The molecule has 1 atom stereocenters. The van der Waals surface area contributed by atoms with E-state index in [-0.39, 0.29) is 24.2 Å². The van der Waals surface area contributed by atoms with E-state index >= 15 is 0 Å². The number of carbonyl (C=O) groups is 2. The summed E-state index contributed by atoms with van der Waals surface area (Å²) in [6.07, 6.45) is 1.36. The maximum Gasteiger partial charge on any atom is 0.338 e. The largest absolute Gasteiger partial charge is 0.483 e. The number of halogens is 1. The van der Waals surface area contributed by atoms with Crippen molar-refractivity contribution in [2.75, 3.05) is 11.9 Å². The van der Waals surface area contributed by atoms with Crippen molar-refractivity contribution in [1.82, 2.24) is 4.57 Å². The quantitative estimate of drug-likeness (QED) is 0.276. The maximum absolute atomic E-state index is 13.9. The highest BCUT2D eigenvalue weighted by molar-refractivity contribution is 7.07. The summed E-state index contributed by atoms with van der Waals surface area (Å²) in [6, 6.07) is 20.9. The number of hydrogen-bond donors (Lipinski definition) is 1. The molecule has 1 amide bonds. The van der Waals surface area contributed by atoms with Gasteiger partial charge in [0.25, 0.3) is 11.5 Å². The van der Waals surface area contributed by atoms with Crippen LogP contribution in [-0.2, 0) is 14.3 Å². The van der Waals surface area contributed by atoms with E-state index in [4.69, 9.17) is 21.1 Å². The Morgan fingerprint density at radius 2 is 1.74 bits per heavy atom. The van der Waals surface area contributed by atoms with E-state index in [1.165, 1.54) is 15.9 Å². The SMILES string of the molecule is CC1=C(C(=O)OC(C)C)C(c2ccc(Cl)cc2)n2c(sc(=Cc3ccccc3OCC(=O)Nc3ccc(C)cc3)c2=O)=N1. The van der Waals surface area contributed by atoms with Gasteiger partial charge < -0.3 is 14.8 Å². The van der Waals surface area contributed by atoms with Gasteiger partial charge in [0.05, 0.1) is 27.9 Å². The molecule has 0 fully saturated rings. The first kappa shape index (κ1) is 30.0. The van der Waals surface area contributed by atoms with Crippen LogP contribution in [0.1, 0.15) is 43.5 Å². The van der Waals surface area contributed by atoms with Gasteiger partial charge in [-0.25, -0.2) is 9.79 Å². The Hall–Kier alpha value is -4.47. The third kappa shape index (κ3) is 6.79. The summed E-state index contributed by atoms with van der Waals surface area (Å²) in [5.74, 6) is -0.399. The molecule has 1 N–H and O–H groups in total. The summed E-state index contributed by atoms with van der Waals surface area (Å²) in [6.45, 7) is 7.04. The van der Waals surface area contributed by atoms with Crippen molar-refractivity contribution in [3.05, 3.63) is 125 Å². The van der Waals surface area contributed by atoms with Crippen LogP contribution in [0.25, 0.3) is 6.08 Å². The average Bonchev–Trinajstić information content (AvgIpc) is 3.27. The number of amides is 1. The number of aromatic nitrogens is 1. The van der Waals surface area contributed by atoms with Crippen molar-refractivity contribution < 1.29 is 19.1 Å². The van der Waals surface area contributed by atoms with Crippen LogP contribution in [0.4, 0.5) is 5.69 Å². The molecule has 43 heavy (non-hydrogen) atoms. The van der Waals surface area contributed by atoms with Crippen LogP contribution >= 0.6 is 22.9 Å². The Balaban J connectivity index is 1.50. The zero-order valence-corrected chi connectivity index (χ0v) is 25.7. The second kappa shape index (κ2) is 12.8. The van der Waals surface area contributed by atoms with Crippen LogP contribution < -0.4 is 24.9 Å². The van der Waals surface area contributed by atoms with Crippen LogP contribution in [0.5, 0.6) is 5.75 Å². The second-order valence-corrected chi connectivity index (χ2v) is 11.8. The van der Waals surface area contributed by atoms with Gasteiger partial charge in [-0.15, -0.1) is 0 Å². The molecule has 0 bridgehead atoms. The molecule has 0 saturated heterocycles. The minimum absolute atomic E-state index is 0.211. The number of rotatable bonds is 8. The summed E-state index contributed by atoms with van der Waals surface area (Å²) in [4.78, 5) is 44.8. The molecule has 0 spiro atoms. The lowest BCUT2D eigenvalue weighted by Gasteiger charge is -2.25. The Bertz CT molecular complexity index is 1890. The lowest BCUT2D eigenvalue weighted by atomic mass is 9.96. The van der Waals surface area contributed by atoms with Crippen molar-refractivity contribution in [2.24, 2.45) is 4.99 Å². The van der Waals surface area contributed by atoms with Gasteiger partial charge in [0, 0.05) is 16.3 Å². The Morgan fingerprint density at radius 3 is 2.44 bits per heavy atom. The first-order valence-electron chi connectivity index (χ1n) is 13.7. The molecule has 1 unspecified atom stereocenters. The number of ether oxygens (including phenoxy) is 2. The smallest absolute Gasteiger partial charge is 0.338 e. The van der Waals surface area contributed by atoms with Crippen molar-refractivity contribution in [1.29, 1.82) is 0 Å². The number of nitrogens with one attached hydrogen (secondary N) is 1. The highest BCUT2D eigenvalue weighted by Crippen LogP contribution is 2.31. The predicted octanol–water partition coefficient (Wildman–Crippen LogP) is 5.17. The Morgan fingerprint density at radius 1 is 1.05 bits per heavy atom. The van der Waals surface area contributed by atoms with Gasteiger partial charge in [0.1, 0.15) is 5.75 Å². The maximum atomic E-state index is 13.9. The third-order valence-corrected chi connectivity index (χ3v) is 7.90. The van der Waals surface area contributed by atoms with Crippen LogP contribution in [0.15, 0.2) is 93.9 Å². The van der Waals surface area contributed by atoms with Gasteiger partial charge in [0.15, 0.2) is 11.4 Å². The van der Waals surface area contributed by atoms with E-state index in [1.54, 1.807) is 69.3 Å². The standard InChI is InChI=1S/C33H30ClN3O5S/c1-19(2)42-32(40)29-21(4)35-33-37(30(29)22-11-13-24(34)14-12-22)31(39)27(43-33)17-23-7-5-6-8-26(23)41-18-28(38)36-25-15-9-20(3)10-16-25/h5-17,19,30H,18H2,1-4H3,(H,36,38). The molecule has 4 aromatic rings. The van der Waals surface area contributed by atoms with Crippen LogP contribution in [0, 0.1) is 6.92 Å². The number of thiazole rings is 1. The van der Waals surface area contributed by atoms with E-state index in [1.807, 2.05) is 37.3 Å².